The molecule has 1 aromatic carbocycles. The van der Waals surface area contributed by atoms with E-state index in [0.717, 1.165) is 0 Å². The summed E-state index contributed by atoms with van der Waals surface area (Å²) in [5.74, 6) is -1.92. The molecule has 0 N–H and O–H groups in total. The average molecular weight is 270 g/mol. The summed E-state index contributed by atoms with van der Waals surface area (Å²) in [5.41, 5.74) is -4.21. The molecule has 0 atom stereocenters. The maximum absolute atomic E-state index is 12.7. The fourth-order valence-corrected chi connectivity index (χ4v) is 1.11. The van der Waals surface area contributed by atoms with Crippen molar-refractivity contribution in [2.24, 2.45) is 0 Å². The van der Waals surface area contributed by atoms with Gasteiger partial charge in [-0.25, -0.2) is 4.39 Å². The van der Waals surface area contributed by atoms with Gasteiger partial charge in [-0.3, -0.25) is 0 Å². The topological polar surface area (TPSA) is 0 Å². The quantitative estimate of drug-likeness (QED) is 0.494. The van der Waals surface area contributed by atoms with Crippen molar-refractivity contribution in [3.05, 3.63) is 29.6 Å². The fraction of sp³-hybridized carbons (Fsp3) is 0.143. The largest absolute Gasteiger partial charge is 1.00 e. The van der Waals surface area contributed by atoms with Crippen LogP contribution < -0.4 is 56.8 Å². The second-order valence-corrected chi connectivity index (χ2v) is 2.78. The van der Waals surface area contributed by atoms with E-state index in [1.54, 1.807) is 0 Å². The molecule has 0 spiro atoms. The maximum atomic E-state index is 12.7. The first kappa shape index (κ1) is 16.4. The third-order valence-electron chi connectivity index (χ3n) is 1.68. The van der Waals surface area contributed by atoms with E-state index in [0.29, 0.717) is 12.1 Å². The summed E-state index contributed by atoms with van der Waals surface area (Å²) in [6.07, 6.45) is -5.35. The molecule has 0 aliphatic heterocycles. The molecule has 9 heteroatoms. The predicted molar refractivity (Wildman–Crippen MR) is 40.1 cm³/mol. The van der Waals surface area contributed by atoms with E-state index in [9.17, 15) is 30.5 Å². The van der Waals surface area contributed by atoms with Gasteiger partial charge < -0.3 is 12.9 Å². The predicted octanol–water partition coefficient (Wildman–Crippen LogP) is -0.0971. The van der Waals surface area contributed by atoms with Crippen molar-refractivity contribution >= 4 is 12.4 Å². The Morgan fingerprint density at radius 3 is 1.81 bits per heavy atom. The van der Waals surface area contributed by atoms with Crippen LogP contribution in [0, 0.1) is 5.82 Å². The van der Waals surface area contributed by atoms with Crippen LogP contribution in [0.4, 0.5) is 30.5 Å². The van der Waals surface area contributed by atoms with Gasteiger partial charge in [0.25, 0.3) is 0 Å². The normalized spacial score (nSPS) is 12.2. The Hall–Kier alpha value is 0.431. The second-order valence-electron chi connectivity index (χ2n) is 2.78. The third kappa shape index (κ3) is 3.73. The number of hydrogen-bond donors (Lipinski definition) is 0. The van der Waals surface area contributed by atoms with Gasteiger partial charge >= 0.3 is 64.5 Å². The van der Waals surface area contributed by atoms with Crippen molar-refractivity contribution in [2.75, 3.05) is 0 Å². The van der Waals surface area contributed by atoms with Crippen molar-refractivity contribution in [3.63, 3.8) is 0 Å². The van der Waals surface area contributed by atoms with Crippen molar-refractivity contribution in [1.82, 2.24) is 0 Å². The van der Waals surface area contributed by atoms with E-state index < -0.39 is 30.0 Å². The molecule has 0 aliphatic rings. The molecule has 0 radical (unpaired) electrons. The van der Waals surface area contributed by atoms with E-state index in [1.807, 2.05) is 0 Å². The van der Waals surface area contributed by atoms with Gasteiger partial charge in [0.05, 0.1) is 5.56 Å². The minimum Gasteiger partial charge on any atom is -0.445 e. The smallest absolute Gasteiger partial charge is 0.445 e. The van der Waals surface area contributed by atoms with Crippen LogP contribution in [0.15, 0.2) is 18.2 Å². The molecular formula is C7H3BF7K. The summed E-state index contributed by atoms with van der Waals surface area (Å²) in [6, 6.07) is 1.15. The first-order chi connectivity index (χ1) is 6.64. The summed E-state index contributed by atoms with van der Waals surface area (Å²) in [5, 5.41) is 0. The molecule has 0 aliphatic carbocycles. The molecule has 0 bridgehead atoms. The van der Waals surface area contributed by atoms with Gasteiger partial charge in [-0.1, -0.05) is 17.6 Å². The molecule has 0 aromatic heterocycles. The number of rotatable bonds is 1. The number of hydrogen-bond acceptors (Lipinski definition) is 0. The average Bonchev–Trinajstić information content (AvgIpc) is 1.99. The zero-order chi connectivity index (χ0) is 11.9. The van der Waals surface area contributed by atoms with Gasteiger partial charge in [-0.2, -0.15) is 13.2 Å². The Morgan fingerprint density at radius 1 is 1.00 bits per heavy atom. The zero-order valence-electron chi connectivity index (χ0n) is 7.96. The molecule has 16 heavy (non-hydrogen) atoms. The molecule has 0 unspecified atom stereocenters. The van der Waals surface area contributed by atoms with Crippen molar-refractivity contribution in [3.8, 4) is 0 Å². The minimum atomic E-state index is -5.88. The van der Waals surface area contributed by atoms with Gasteiger partial charge in [-0.15, -0.1) is 0 Å². The van der Waals surface area contributed by atoms with Crippen LogP contribution in [0.2, 0.25) is 0 Å². The van der Waals surface area contributed by atoms with Crippen molar-refractivity contribution < 1.29 is 81.9 Å². The Bertz CT molecular complexity index is 370. The van der Waals surface area contributed by atoms with E-state index in [4.69, 9.17) is 0 Å². The van der Waals surface area contributed by atoms with Gasteiger partial charge in [-0.05, 0) is 6.07 Å². The first-order valence-corrected chi connectivity index (χ1v) is 3.69. The molecule has 1 rings (SSSR count). The number of halogens is 7. The Balaban J connectivity index is 0.00000225. The molecular weight excluding hydrogens is 267 g/mol. The molecule has 0 fully saturated rings. The van der Waals surface area contributed by atoms with Crippen LogP contribution >= 0.6 is 0 Å². The van der Waals surface area contributed by atoms with Crippen LogP contribution in [0.1, 0.15) is 5.56 Å². The van der Waals surface area contributed by atoms with Crippen LogP contribution in [-0.2, 0) is 6.18 Å². The van der Waals surface area contributed by atoms with Gasteiger partial charge in [0, 0.05) is 0 Å². The maximum Gasteiger partial charge on any atom is 1.00 e. The molecule has 0 saturated heterocycles. The Labute approximate surface area is 129 Å². The molecule has 0 heterocycles. The number of alkyl halides is 3. The standard InChI is InChI=1S/C7H3BF7.K/c9-5-3-1-2-4(8(13,14)15)6(5)7(10,11)12;/h1-3H;/q-1;+1. The van der Waals surface area contributed by atoms with Crippen molar-refractivity contribution in [1.29, 1.82) is 0 Å². The first-order valence-electron chi connectivity index (χ1n) is 3.69. The summed E-state index contributed by atoms with van der Waals surface area (Å²) in [6.45, 7) is -5.88. The Morgan fingerprint density at radius 2 is 1.50 bits per heavy atom. The minimum absolute atomic E-state index is 0. The third-order valence-corrected chi connectivity index (χ3v) is 1.68. The fourth-order valence-electron chi connectivity index (χ4n) is 1.11. The van der Waals surface area contributed by atoms with Gasteiger partial charge in [0.2, 0.25) is 0 Å². The molecule has 0 amide bonds. The van der Waals surface area contributed by atoms with Crippen molar-refractivity contribution in [2.45, 2.75) is 6.18 Å². The van der Waals surface area contributed by atoms with Crippen LogP contribution in [0.25, 0.3) is 0 Å². The molecule has 0 saturated carbocycles. The Kier molecular flexibility index (Phi) is 5.53. The monoisotopic (exact) mass is 270 g/mol. The molecule has 84 valence electrons. The SMILES string of the molecule is Fc1cccc([B-](F)(F)F)c1C(F)(F)F.[K+]. The van der Waals surface area contributed by atoms with Crippen LogP contribution in [0.3, 0.4) is 0 Å². The van der Waals surface area contributed by atoms with E-state index in [-0.39, 0.29) is 57.5 Å². The van der Waals surface area contributed by atoms with Gasteiger partial charge in [0.15, 0.2) is 0 Å². The number of benzene rings is 1. The molecule has 0 nitrogen and oxygen atoms in total. The summed E-state index contributed by atoms with van der Waals surface area (Å²) in [7, 11) is 0. The summed E-state index contributed by atoms with van der Waals surface area (Å²) < 4.78 is 85.5. The zero-order valence-corrected chi connectivity index (χ0v) is 11.1. The van der Waals surface area contributed by atoms with E-state index in [2.05, 4.69) is 0 Å². The van der Waals surface area contributed by atoms with Crippen LogP contribution in [-0.4, -0.2) is 6.98 Å². The molecule has 1 aromatic rings. The van der Waals surface area contributed by atoms with E-state index in [1.165, 1.54) is 0 Å². The van der Waals surface area contributed by atoms with E-state index >= 15 is 0 Å². The summed E-state index contributed by atoms with van der Waals surface area (Å²) in [4.78, 5) is 0. The van der Waals surface area contributed by atoms with Gasteiger partial charge in [0.1, 0.15) is 5.82 Å². The van der Waals surface area contributed by atoms with Crippen LogP contribution in [0.5, 0.6) is 0 Å². The second kappa shape index (κ2) is 5.38. The summed E-state index contributed by atoms with van der Waals surface area (Å²) >= 11 is 0.